The van der Waals surface area contributed by atoms with Crippen molar-refractivity contribution in [2.45, 2.75) is 12.0 Å². The van der Waals surface area contributed by atoms with E-state index in [1.165, 1.54) is 11.1 Å². The maximum absolute atomic E-state index is 12.6. The van der Waals surface area contributed by atoms with Gasteiger partial charge in [-0.25, -0.2) is 0 Å². The number of hydrogen-bond donors (Lipinski definition) is 1. The Kier molecular flexibility index (Phi) is 3.44. The summed E-state index contributed by atoms with van der Waals surface area (Å²) in [5, 5.41) is 17.1. The fraction of sp³-hybridized carbons (Fsp3) is 0.0714. The van der Waals surface area contributed by atoms with E-state index in [9.17, 15) is 5.11 Å². The molecular weight excluding hydrogens is 352 g/mol. The molecule has 0 atom stereocenters. The number of benzene rings is 5. The van der Waals surface area contributed by atoms with Crippen molar-refractivity contribution in [2.75, 3.05) is 0 Å². The highest BCUT2D eigenvalue weighted by Crippen LogP contribution is 2.48. The molecule has 5 aromatic carbocycles. The first-order chi connectivity index (χ1) is 14.3. The van der Waals surface area contributed by atoms with Gasteiger partial charge in [-0.15, -0.1) is 0 Å². The zero-order valence-electron chi connectivity index (χ0n) is 16.0. The summed E-state index contributed by atoms with van der Waals surface area (Å²) in [6, 6.07) is 35.7. The summed E-state index contributed by atoms with van der Waals surface area (Å²) in [6.45, 7) is 0. The van der Waals surface area contributed by atoms with Gasteiger partial charge in [0.15, 0.2) is 0 Å². The lowest BCUT2D eigenvalue weighted by atomic mass is 9.69. The Morgan fingerprint density at radius 1 is 0.552 bits per heavy atom. The maximum Gasteiger partial charge on any atom is 0.142 e. The predicted octanol–water partition coefficient (Wildman–Crippen LogP) is 6.18. The lowest BCUT2D eigenvalue weighted by molar-refractivity contribution is 0.124. The van der Waals surface area contributed by atoms with Crippen LogP contribution in [0.2, 0.25) is 0 Å². The highest BCUT2D eigenvalue weighted by atomic mass is 16.3. The SMILES string of the molecule is OC1(c2c3ccccc3cc3ccccc23)c2ccccc2Cc2ccccc21. The molecule has 0 fully saturated rings. The van der Waals surface area contributed by atoms with Crippen LogP contribution in [0.3, 0.4) is 0 Å². The van der Waals surface area contributed by atoms with Crippen LogP contribution >= 0.6 is 0 Å². The Balaban J connectivity index is 1.85. The smallest absolute Gasteiger partial charge is 0.142 e. The van der Waals surface area contributed by atoms with E-state index in [0.717, 1.165) is 44.7 Å². The Morgan fingerprint density at radius 3 is 1.55 bits per heavy atom. The van der Waals surface area contributed by atoms with Gasteiger partial charge in [-0.1, -0.05) is 97.1 Å². The Labute approximate surface area is 169 Å². The molecule has 5 aromatic rings. The van der Waals surface area contributed by atoms with E-state index in [2.05, 4.69) is 91.0 Å². The number of fused-ring (bicyclic) bond motifs is 4. The third-order valence-corrected chi connectivity index (χ3v) is 6.33. The minimum absolute atomic E-state index is 0.845. The van der Waals surface area contributed by atoms with Crippen molar-refractivity contribution >= 4 is 21.5 Å². The molecule has 0 aliphatic heterocycles. The second-order valence-corrected chi connectivity index (χ2v) is 7.90. The summed E-state index contributed by atoms with van der Waals surface area (Å²) in [6.07, 6.45) is 0.845. The summed E-state index contributed by atoms with van der Waals surface area (Å²) in [5.41, 5.74) is 4.12. The Morgan fingerprint density at radius 2 is 1.00 bits per heavy atom. The third-order valence-electron chi connectivity index (χ3n) is 6.33. The molecule has 0 aromatic heterocycles. The number of rotatable bonds is 1. The first kappa shape index (κ1) is 16.5. The molecular formula is C28H20O. The van der Waals surface area contributed by atoms with Crippen LogP contribution in [0.5, 0.6) is 0 Å². The summed E-state index contributed by atoms with van der Waals surface area (Å²) >= 11 is 0. The van der Waals surface area contributed by atoms with Crippen molar-refractivity contribution < 1.29 is 5.11 Å². The van der Waals surface area contributed by atoms with E-state index >= 15 is 0 Å². The lowest BCUT2D eigenvalue weighted by Gasteiger charge is -2.38. The van der Waals surface area contributed by atoms with Crippen LogP contribution in [0.4, 0.5) is 0 Å². The normalized spacial score (nSPS) is 14.5. The van der Waals surface area contributed by atoms with Gasteiger partial charge in [0.25, 0.3) is 0 Å². The highest BCUT2D eigenvalue weighted by Gasteiger charge is 2.42. The predicted molar refractivity (Wildman–Crippen MR) is 119 cm³/mol. The fourth-order valence-electron chi connectivity index (χ4n) is 5.08. The lowest BCUT2D eigenvalue weighted by Crippen LogP contribution is -2.35. The molecule has 138 valence electrons. The van der Waals surface area contributed by atoms with Crippen LogP contribution in [0, 0.1) is 0 Å². The first-order valence-electron chi connectivity index (χ1n) is 10.1. The summed E-state index contributed by atoms with van der Waals surface area (Å²) in [5.74, 6) is 0. The molecule has 0 saturated carbocycles. The van der Waals surface area contributed by atoms with Gasteiger partial charge in [0.1, 0.15) is 5.60 Å². The van der Waals surface area contributed by atoms with E-state index in [-0.39, 0.29) is 0 Å². The molecule has 1 heteroatoms. The van der Waals surface area contributed by atoms with Gasteiger partial charge in [-0.05, 0) is 56.3 Å². The quantitative estimate of drug-likeness (QED) is 0.348. The maximum atomic E-state index is 12.6. The monoisotopic (exact) mass is 372 g/mol. The van der Waals surface area contributed by atoms with Crippen molar-refractivity contribution in [3.8, 4) is 0 Å². The van der Waals surface area contributed by atoms with Crippen LogP contribution in [0.25, 0.3) is 21.5 Å². The molecule has 1 nitrogen and oxygen atoms in total. The molecule has 1 aliphatic rings. The molecule has 1 aliphatic carbocycles. The molecule has 0 radical (unpaired) electrons. The van der Waals surface area contributed by atoms with Gasteiger partial charge >= 0.3 is 0 Å². The Bertz CT molecular complexity index is 1300. The molecule has 29 heavy (non-hydrogen) atoms. The van der Waals surface area contributed by atoms with Crippen LogP contribution in [-0.2, 0) is 12.0 Å². The van der Waals surface area contributed by atoms with Gasteiger partial charge in [0.2, 0.25) is 0 Å². The second-order valence-electron chi connectivity index (χ2n) is 7.90. The summed E-state index contributed by atoms with van der Waals surface area (Å²) < 4.78 is 0. The second kappa shape index (κ2) is 6.04. The third kappa shape index (κ3) is 2.25. The van der Waals surface area contributed by atoms with Gasteiger partial charge in [-0.3, -0.25) is 0 Å². The molecule has 6 rings (SSSR count). The summed E-state index contributed by atoms with van der Waals surface area (Å²) in [4.78, 5) is 0. The van der Waals surface area contributed by atoms with Crippen molar-refractivity contribution in [1.82, 2.24) is 0 Å². The van der Waals surface area contributed by atoms with E-state index in [1.54, 1.807) is 0 Å². The molecule has 0 heterocycles. The van der Waals surface area contributed by atoms with Crippen molar-refractivity contribution in [2.24, 2.45) is 0 Å². The Hall–Kier alpha value is -3.42. The zero-order valence-corrected chi connectivity index (χ0v) is 16.0. The molecule has 0 spiro atoms. The van der Waals surface area contributed by atoms with Gasteiger partial charge < -0.3 is 5.11 Å². The zero-order chi connectivity index (χ0) is 19.4. The minimum Gasteiger partial charge on any atom is -0.376 e. The highest BCUT2D eigenvalue weighted by molar-refractivity contribution is 6.04. The molecule has 0 unspecified atom stereocenters. The van der Waals surface area contributed by atoms with Gasteiger partial charge in [-0.2, -0.15) is 0 Å². The van der Waals surface area contributed by atoms with E-state index in [1.807, 2.05) is 12.1 Å². The fourth-order valence-corrected chi connectivity index (χ4v) is 5.08. The average molecular weight is 372 g/mol. The summed E-state index contributed by atoms with van der Waals surface area (Å²) in [7, 11) is 0. The molecule has 1 N–H and O–H groups in total. The van der Waals surface area contributed by atoms with Crippen molar-refractivity contribution in [3.63, 3.8) is 0 Å². The molecule has 0 bridgehead atoms. The standard InChI is InChI=1S/C28H20O/c29-28(25-15-7-3-11-21(25)18-22-12-4-8-16-26(22)28)27-23-13-5-1-9-19(23)17-20-10-2-6-14-24(20)27/h1-17,29H,18H2. The molecule has 0 saturated heterocycles. The van der Waals surface area contributed by atoms with E-state index in [4.69, 9.17) is 0 Å². The van der Waals surface area contributed by atoms with Crippen molar-refractivity contribution in [1.29, 1.82) is 0 Å². The topological polar surface area (TPSA) is 20.2 Å². The van der Waals surface area contributed by atoms with Crippen LogP contribution in [0.1, 0.15) is 27.8 Å². The minimum atomic E-state index is -1.20. The number of aliphatic hydroxyl groups is 1. The molecule has 0 amide bonds. The van der Waals surface area contributed by atoms with Crippen LogP contribution in [-0.4, -0.2) is 5.11 Å². The first-order valence-corrected chi connectivity index (χ1v) is 10.1. The number of hydrogen-bond acceptors (Lipinski definition) is 1. The average Bonchev–Trinajstić information content (AvgIpc) is 2.77. The largest absolute Gasteiger partial charge is 0.376 e. The van der Waals surface area contributed by atoms with E-state index in [0.29, 0.717) is 0 Å². The van der Waals surface area contributed by atoms with Gasteiger partial charge in [0, 0.05) is 5.56 Å². The van der Waals surface area contributed by atoms with Gasteiger partial charge in [0.05, 0.1) is 0 Å². The van der Waals surface area contributed by atoms with Crippen LogP contribution in [0.15, 0.2) is 103 Å². The van der Waals surface area contributed by atoms with Crippen LogP contribution < -0.4 is 0 Å². The van der Waals surface area contributed by atoms with Crippen molar-refractivity contribution in [3.05, 3.63) is 131 Å². The van der Waals surface area contributed by atoms with E-state index < -0.39 is 5.60 Å².